The second-order valence-corrected chi connectivity index (χ2v) is 3.76. The molecule has 0 fully saturated rings. The summed E-state index contributed by atoms with van der Waals surface area (Å²) in [5, 5.41) is 0.582. The third-order valence-corrected chi connectivity index (χ3v) is 2.51. The second-order valence-electron chi connectivity index (χ2n) is 3.35. The normalized spacial score (nSPS) is 10.4. The molecule has 4 nitrogen and oxygen atoms in total. The quantitative estimate of drug-likeness (QED) is 0.779. The molecule has 5 heteroatoms. The fourth-order valence-electron chi connectivity index (χ4n) is 1.41. The summed E-state index contributed by atoms with van der Waals surface area (Å²) in [5.41, 5.74) is 6.18. The number of nitrogens with two attached hydrogens (primary N) is 1. The standard InChI is InChI=1S/C11H18ClN3O/c1-3-15(5-6-16-4-2)11-10(12)7-9(13)8-14-11/h7-8H,3-6,13H2,1-2H3. The number of anilines is 2. The maximum Gasteiger partial charge on any atom is 0.147 e. The summed E-state index contributed by atoms with van der Waals surface area (Å²) in [6.45, 7) is 7.04. The van der Waals surface area contributed by atoms with Crippen LogP contribution in [0.25, 0.3) is 0 Å². The third kappa shape index (κ3) is 3.54. The number of rotatable bonds is 6. The number of nitrogens with zero attached hydrogens (tertiary/aromatic N) is 2. The van der Waals surface area contributed by atoms with Crippen molar-refractivity contribution in [2.45, 2.75) is 13.8 Å². The average molecular weight is 244 g/mol. The highest BCUT2D eigenvalue weighted by molar-refractivity contribution is 6.33. The molecular formula is C11H18ClN3O. The van der Waals surface area contributed by atoms with E-state index < -0.39 is 0 Å². The van der Waals surface area contributed by atoms with E-state index in [0.717, 1.165) is 25.5 Å². The van der Waals surface area contributed by atoms with Crippen molar-refractivity contribution in [1.82, 2.24) is 4.98 Å². The highest BCUT2D eigenvalue weighted by atomic mass is 35.5. The number of hydrogen-bond acceptors (Lipinski definition) is 4. The number of aromatic nitrogens is 1. The van der Waals surface area contributed by atoms with Crippen LogP contribution in [-0.4, -0.2) is 31.3 Å². The van der Waals surface area contributed by atoms with Gasteiger partial charge in [-0.25, -0.2) is 4.98 Å². The second kappa shape index (κ2) is 6.55. The van der Waals surface area contributed by atoms with Gasteiger partial charge >= 0.3 is 0 Å². The van der Waals surface area contributed by atoms with E-state index in [1.807, 2.05) is 6.92 Å². The lowest BCUT2D eigenvalue weighted by Gasteiger charge is -2.22. The Bertz CT molecular complexity index is 333. The molecule has 0 saturated carbocycles. The molecule has 1 aromatic heterocycles. The number of nitrogen functional groups attached to an aromatic ring is 1. The van der Waals surface area contributed by atoms with E-state index in [9.17, 15) is 0 Å². The van der Waals surface area contributed by atoms with Crippen LogP contribution >= 0.6 is 11.6 Å². The molecule has 16 heavy (non-hydrogen) atoms. The van der Waals surface area contributed by atoms with Gasteiger partial charge in [-0.05, 0) is 19.9 Å². The van der Waals surface area contributed by atoms with Crippen molar-refractivity contribution in [3.63, 3.8) is 0 Å². The molecule has 0 atom stereocenters. The summed E-state index contributed by atoms with van der Waals surface area (Å²) in [4.78, 5) is 6.31. The zero-order chi connectivity index (χ0) is 12.0. The van der Waals surface area contributed by atoms with Crippen molar-refractivity contribution >= 4 is 23.1 Å². The van der Waals surface area contributed by atoms with E-state index in [4.69, 9.17) is 22.1 Å². The highest BCUT2D eigenvalue weighted by Crippen LogP contribution is 2.24. The molecule has 0 aliphatic rings. The molecule has 2 N–H and O–H groups in total. The average Bonchev–Trinajstić information content (AvgIpc) is 2.26. The smallest absolute Gasteiger partial charge is 0.147 e. The molecule has 1 rings (SSSR count). The molecule has 0 aliphatic heterocycles. The summed E-state index contributed by atoms with van der Waals surface area (Å²) in [7, 11) is 0. The molecule has 0 bridgehead atoms. The fourth-order valence-corrected chi connectivity index (χ4v) is 1.71. The lowest BCUT2D eigenvalue weighted by molar-refractivity contribution is 0.154. The third-order valence-electron chi connectivity index (χ3n) is 2.23. The van der Waals surface area contributed by atoms with Crippen molar-refractivity contribution in [2.75, 3.05) is 36.9 Å². The van der Waals surface area contributed by atoms with E-state index in [1.54, 1.807) is 12.3 Å². The summed E-state index contributed by atoms with van der Waals surface area (Å²) >= 11 is 6.09. The summed E-state index contributed by atoms with van der Waals surface area (Å²) in [6, 6.07) is 1.72. The van der Waals surface area contributed by atoms with Gasteiger partial charge in [0.1, 0.15) is 5.82 Å². The zero-order valence-corrected chi connectivity index (χ0v) is 10.5. The predicted octanol–water partition coefficient (Wildman–Crippen LogP) is 2.18. The minimum Gasteiger partial charge on any atom is -0.397 e. The Kier molecular flexibility index (Phi) is 5.35. The van der Waals surface area contributed by atoms with Gasteiger partial charge in [0.05, 0.1) is 23.5 Å². The van der Waals surface area contributed by atoms with Crippen LogP contribution in [0.4, 0.5) is 11.5 Å². The van der Waals surface area contributed by atoms with Crippen molar-refractivity contribution in [3.8, 4) is 0 Å². The van der Waals surface area contributed by atoms with Crippen LogP contribution in [0, 0.1) is 0 Å². The lowest BCUT2D eigenvalue weighted by atomic mass is 10.3. The molecule has 90 valence electrons. The molecule has 0 spiro atoms. The Morgan fingerprint density at radius 3 is 2.81 bits per heavy atom. The molecule has 0 radical (unpaired) electrons. The Balaban J connectivity index is 2.70. The lowest BCUT2D eigenvalue weighted by Crippen LogP contribution is -2.28. The Labute approximate surface area is 101 Å². The van der Waals surface area contributed by atoms with Crippen molar-refractivity contribution in [1.29, 1.82) is 0 Å². The van der Waals surface area contributed by atoms with Crippen LogP contribution < -0.4 is 10.6 Å². The number of ether oxygens (including phenoxy) is 1. The first-order chi connectivity index (χ1) is 7.69. The van der Waals surface area contributed by atoms with Crippen LogP contribution in [0.15, 0.2) is 12.3 Å². The van der Waals surface area contributed by atoms with Gasteiger partial charge in [0.25, 0.3) is 0 Å². The van der Waals surface area contributed by atoms with E-state index in [0.29, 0.717) is 17.3 Å². The Hall–Kier alpha value is -1.00. The number of pyridine rings is 1. The van der Waals surface area contributed by atoms with Gasteiger partial charge in [0.2, 0.25) is 0 Å². The number of halogens is 1. The van der Waals surface area contributed by atoms with Crippen LogP contribution in [0.3, 0.4) is 0 Å². The minimum absolute atomic E-state index is 0.578. The van der Waals surface area contributed by atoms with Gasteiger partial charge < -0.3 is 15.4 Å². The molecule has 0 aromatic carbocycles. The molecule has 1 heterocycles. The van der Waals surface area contributed by atoms with Crippen LogP contribution in [0.1, 0.15) is 13.8 Å². The topological polar surface area (TPSA) is 51.4 Å². The monoisotopic (exact) mass is 243 g/mol. The van der Waals surface area contributed by atoms with Gasteiger partial charge in [-0.3, -0.25) is 0 Å². The summed E-state index contributed by atoms with van der Waals surface area (Å²) in [5.74, 6) is 0.762. The summed E-state index contributed by atoms with van der Waals surface area (Å²) < 4.78 is 5.31. The Morgan fingerprint density at radius 2 is 2.25 bits per heavy atom. The van der Waals surface area contributed by atoms with Crippen LogP contribution in [-0.2, 0) is 4.74 Å². The maximum atomic E-state index is 6.09. The van der Waals surface area contributed by atoms with E-state index in [1.165, 1.54) is 0 Å². The van der Waals surface area contributed by atoms with E-state index >= 15 is 0 Å². The molecule has 0 aliphatic carbocycles. The van der Waals surface area contributed by atoms with Gasteiger partial charge in [-0.2, -0.15) is 0 Å². The van der Waals surface area contributed by atoms with Crippen LogP contribution in [0.5, 0.6) is 0 Å². The van der Waals surface area contributed by atoms with E-state index in [2.05, 4.69) is 16.8 Å². The zero-order valence-electron chi connectivity index (χ0n) is 9.74. The largest absolute Gasteiger partial charge is 0.397 e. The van der Waals surface area contributed by atoms with Gasteiger partial charge in [0, 0.05) is 19.7 Å². The Morgan fingerprint density at radius 1 is 1.50 bits per heavy atom. The fraction of sp³-hybridized carbons (Fsp3) is 0.545. The van der Waals surface area contributed by atoms with Gasteiger partial charge in [-0.15, -0.1) is 0 Å². The van der Waals surface area contributed by atoms with E-state index in [-0.39, 0.29) is 0 Å². The summed E-state index contributed by atoms with van der Waals surface area (Å²) in [6.07, 6.45) is 1.62. The number of likely N-dealkylation sites (N-methyl/N-ethyl adjacent to an activating group) is 1. The van der Waals surface area contributed by atoms with Crippen molar-refractivity contribution in [2.24, 2.45) is 0 Å². The molecule has 0 saturated heterocycles. The predicted molar refractivity (Wildman–Crippen MR) is 68.0 cm³/mol. The van der Waals surface area contributed by atoms with Gasteiger partial charge in [-0.1, -0.05) is 11.6 Å². The molecule has 0 unspecified atom stereocenters. The first-order valence-corrected chi connectivity index (χ1v) is 5.80. The number of hydrogen-bond donors (Lipinski definition) is 1. The molecule has 0 amide bonds. The van der Waals surface area contributed by atoms with Gasteiger partial charge in [0.15, 0.2) is 0 Å². The SMILES string of the molecule is CCOCCN(CC)c1ncc(N)cc1Cl. The van der Waals surface area contributed by atoms with Crippen molar-refractivity contribution < 1.29 is 4.74 Å². The highest BCUT2D eigenvalue weighted by Gasteiger charge is 2.10. The van der Waals surface area contributed by atoms with Crippen molar-refractivity contribution in [3.05, 3.63) is 17.3 Å². The van der Waals surface area contributed by atoms with Crippen LogP contribution in [0.2, 0.25) is 5.02 Å². The molecule has 1 aromatic rings. The molecular weight excluding hydrogens is 226 g/mol. The minimum atomic E-state index is 0.578. The first-order valence-electron chi connectivity index (χ1n) is 5.42. The maximum absolute atomic E-state index is 6.09. The first kappa shape index (κ1) is 13.1.